The Morgan fingerprint density at radius 3 is 2.65 bits per heavy atom. The van der Waals surface area contributed by atoms with Gasteiger partial charge in [0.05, 0.1) is 11.8 Å². The number of carbonyl (C=O) groups excluding carboxylic acids is 2. The third kappa shape index (κ3) is 5.37. The Bertz CT molecular complexity index is 1050. The summed E-state index contributed by atoms with van der Waals surface area (Å²) in [7, 11) is 1.79. The first-order valence-corrected chi connectivity index (χ1v) is 15.5. The van der Waals surface area contributed by atoms with Crippen LogP contribution in [0, 0.1) is 34.5 Å². The first-order chi connectivity index (χ1) is 19.0. The summed E-state index contributed by atoms with van der Waals surface area (Å²) in [6, 6.07) is -0.921. The topological polar surface area (TPSA) is 83.0 Å². The molecule has 7 atom stereocenters. The van der Waals surface area contributed by atoms with E-state index in [4.69, 9.17) is 4.84 Å². The van der Waals surface area contributed by atoms with E-state index in [0.29, 0.717) is 49.6 Å². The number of hydrogen-bond donors (Lipinski definition) is 2. The Morgan fingerprint density at radius 2 is 1.93 bits per heavy atom. The van der Waals surface area contributed by atoms with E-state index in [1.165, 1.54) is 16.9 Å². The summed E-state index contributed by atoms with van der Waals surface area (Å²) in [4.78, 5) is 32.1. The van der Waals surface area contributed by atoms with Crippen molar-refractivity contribution in [2.45, 2.75) is 96.9 Å². The van der Waals surface area contributed by atoms with Gasteiger partial charge in [-0.1, -0.05) is 24.6 Å². The van der Waals surface area contributed by atoms with Gasteiger partial charge in [-0.3, -0.25) is 9.63 Å². The van der Waals surface area contributed by atoms with Crippen molar-refractivity contribution in [1.82, 2.24) is 15.5 Å². The molecule has 1 saturated heterocycles. The Labute approximate surface area is 237 Å². The smallest absolute Gasteiger partial charge is 0.318 e. The number of oxime groups is 1. The standard InChI is InChI=1S/C31H48F2N4O3/c1-20(36-40-28(39)37(18-16-34-4)17-11-27-31(32,33)14-15-35-27)24-7-8-25-23-6-5-21-19-22(38)9-12-29(21,2)26(23)10-13-30(24,25)3/h19,23-27,34-35H,5-18H2,1-4H3/b36-20+/t23-,24+,25-,26-,27?,29-,30+/m0/s1. The summed E-state index contributed by atoms with van der Waals surface area (Å²) in [5.74, 6) is -0.282. The molecule has 1 heterocycles. The minimum atomic E-state index is -2.75. The zero-order valence-electron chi connectivity index (χ0n) is 24.7. The molecule has 1 unspecified atom stereocenters. The van der Waals surface area contributed by atoms with Crippen LogP contribution < -0.4 is 10.6 Å². The fourth-order valence-corrected chi connectivity index (χ4v) is 9.35. The van der Waals surface area contributed by atoms with E-state index in [1.54, 1.807) is 7.05 Å². The average Bonchev–Trinajstić information content (AvgIpc) is 3.45. The average molecular weight is 563 g/mol. The lowest BCUT2D eigenvalue weighted by Gasteiger charge is -2.58. The normalized spacial score (nSPS) is 38.8. The highest BCUT2D eigenvalue weighted by Gasteiger charge is 2.59. The van der Waals surface area contributed by atoms with Gasteiger partial charge in [0.2, 0.25) is 0 Å². The van der Waals surface area contributed by atoms with Crippen molar-refractivity contribution in [2.75, 3.05) is 33.2 Å². The second kappa shape index (κ2) is 11.4. The highest BCUT2D eigenvalue weighted by Crippen LogP contribution is 2.66. The highest BCUT2D eigenvalue weighted by atomic mass is 19.3. The summed E-state index contributed by atoms with van der Waals surface area (Å²) in [6.07, 6.45) is 9.75. The van der Waals surface area contributed by atoms with E-state index in [1.807, 2.05) is 13.0 Å². The van der Waals surface area contributed by atoms with Gasteiger partial charge in [-0.05, 0) is 100.0 Å². The van der Waals surface area contributed by atoms with Gasteiger partial charge in [0.25, 0.3) is 5.92 Å². The molecule has 9 heteroatoms. The van der Waals surface area contributed by atoms with E-state index in [-0.39, 0.29) is 36.1 Å². The van der Waals surface area contributed by atoms with Crippen molar-refractivity contribution in [3.8, 4) is 0 Å². The lowest BCUT2D eigenvalue weighted by atomic mass is 9.46. The molecule has 0 bridgehead atoms. The molecular weight excluding hydrogens is 514 g/mol. The maximum absolute atomic E-state index is 14.1. The number of likely N-dealkylation sites (N-methyl/N-ethyl adjacent to an activating group) is 1. The number of nitrogens with one attached hydrogen (secondary N) is 2. The van der Waals surface area contributed by atoms with Crippen LogP contribution in [0.15, 0.2) is 16.8 Å². The number of allylic oxidation sites excluding steroid dienone is 1. The maximum Gasteiger partial charge on any atom is 0.436 e. The molecule has 5 rings (SSSR count). The van der Waals surface area contributed by atoms with E-state index < -0.39 is 18.1 Å². The molecule has 1 aliphatic heterocycles. The summed E-state index contributed by atoms with van der Waals surface area (Å²) in [6.45, 7) is 8.20. The third-order valence-electron chi connectivity index (χ3n) is 11.7. The van der Waals surface area contributed by atoms with Crippen LogP contribution in [0.4, 0.5) is 13.6 Å². The summed E-state index contributed by atoms with van der Waals surface area (Å²) < 4.78 is 28.2. The first-order valence-electron chi connectivity index (χ1n) is 15.5. The Hall–Kier alpha value is -1.87. The zero-order valence-corrected chi connectivity index (χ0v) is 24.7. The molecule has 0 aromatic carbocycles. The quantitative estimate of drug-likeness (QED) is 0.230. The Morgan fingerprint density at radius 1 is 1.12 bits per heavy atom. The van der Waals surface area contributed by atoms with Crippen LogP contribution >= 0.6 is 0 Å². The van der Waals surface area contributed by atoms with Gasteiger partial charge >= 0.3 is 6.09 Å². The number of carbonyl (C=O) groups is 2. The third-order valence-corrected chi connectivity index (χ3v) is 11.7. The Kier molecular flexibility index (Phi) is 8.46. The first kappa shape index (κ1) is 29.6. The van der Waals surface area contributed by atoms with Crippen molar-refractivity contribution in [1.29, 1.82) is 0 Å². The number of rotatable bonds is 8. The highest BCUT2D eigenvalue weighted by molar-refractivity contribution is 5.91. The number of amides is 1. The van der Waals surface area contributed by atoms with Crippen molar-refractivity contribution in [2.24, 2.45) is 39.7 Å². The largest absolute Gasteiger partial charge is 0.436 e. The van der Waals surface area contributed by atoms with E-state index in [9.17, 15) is 18.4 Å². The van der Waals surface area contributed by atoms with E-state index in [2.05, 4.69) is 29.6 Å². The van der Waals surface area contributed by atoms with Crippen molar-refractivity contribution < 1.29 is 23.2 Å². The van der Waals surface area contributed by atoms with Crippen LogP contribution in [0.5, 0.6) is 0 Å². The van der Waals surface area contributed by atoms with Gasteiger partial charge < -0.3 is 15.5 Å². The molecular formula is C31H48F2N4O3. The zero-order chi connectivity index (χ0) is 28.7. The predicted octanol–water partition coefficient (Wildman–Crippen LogP) is 5.56. The minimum Gasteiger partial charge on any atom is -0.318 e. The number of fused-ring (bicyclic) bond motifs is 5. The fourth-order valence-electron chi connectivity index (χ4n) is 9.35. The van der Waals surface area contributed by atoms with Crippen LogP contribution in [-0.4, -0.2) is 67.7 Å². The van der Waals surface area contributed by atoms with Crippen molar-refractivity contribution in [3.63, 3.8) is 0 Å². The molecule has 5 aliphatic rings. The van der Waals surface area contributed by atoms with Crippen LogP contribution in [0.1, 0.15) is 85.0 Å². The lowest BCUT2D eigenvalue weighted by molar-refractivity contribution is -0.117. The molecule has 2 N–H and O–H groups in total. The molecule has 0 aromatic heterocycles. The lowest BCUT2D eigenvalue weighted by Crippen LogP contribution is -2.51. The Balaban J connectivity index is 1.23. The van der Waals surface area contributed by atoms with Crippen molar-refractivity contribution in [3.05, 3.63) is 11.6 Å². The van der Waals surface area contributed by atoms with E-state index >= 15 is 0 Å². The van der Waals surface area contributed by atoms with Gasteiger partial charge in [0, 0.05) is 44.9 Å². The molecule has 4 aliphatic carbocycles. The van der Waals surface area contributed by atoms with Gasteiger partial charge in [0.15, 0.2) is 5.78 Å². The number of halogens is 2. The number of nitrogens with zero attached hydrogens (tertiary/aromatic N) is 2. The predicted molar refractivity (Wildman–Crippen MR) is 151 cm³/mol. The number of ketones is 1. The summed E-state index contributed by atoms with van der Waals surface area (Å²) in [5.41, 5.74) is 2.53. The van der Waals surface area contributed by atoms with Crippen LogP contribution in [0.2, 0.25) is 0 Å². The second-order valence-electron chi connectivity index (χ2n) is 13.6. The van der Waals surface area contributed by atoms with E-state index in [0.717, 1.165) is 44.2 Å². The molecule has 0 spiro atoms. The molecule has 7 nitrogen and oxygen atoms in total. The molecule has 1 amide bonds. The van der Waals surface area contributed by atoms with Gasteiger partial charge in [-0.25, -0.2) is 13.6 Å². The maximum atomic E-state index is 14.1. The van der Waals surface area contributed by atoms with Crippen molar-refractivity contribution >= 4 is 17.6 Å². The molecule has 3 saturated carbocycles. The van der Waals surface area contributed by atoms with Crippen LogP contribution in [-0.2, 0) is 9.63 Å². The van der Waals surface area contributed by atoms with Gasteiger partial charge in [-0.2, -0.15) is 0 Å². The molecule has 224 valence electrons. The van der Waals surface area contributed by atoms with Crippen LogP contribution in [0.25, 0.3) is 0 Å². The SMILES string of the molecule is CNCCN(CCC1NCCC1(F)F)C(=O)O/N=C(\C)[C@H]1CC[C@H]2[C@@H]3CCC4=CC(=O)CC[C@]4(C)[C@H]3CC[C@]12C. The fraction of sp³-hybridized carbons (Fsp3) is 0.839. The number of alkyl halides is 2. The molecule has 0 aromatic rings. The van der Waals surface area contributed by atoms with Crippen LogP contribution in [0.3, 0.4) is 0 Å². The van der Waals surface area contributed by atoms with Gasteiger partial charge in [-0.15, -0.1) is 0 Å². The molecule has 0 radical (unpaired) electrons. The second-order valence-corrected chi connectivity index (χ2v) is 13.6. The van der Waals surface area contributed by atoms with Gasteiger partial charge in [0.1, 0.15) is 0 Å². The summed E-state index contributed by atoms with van der Waals surface area (Å²) in [5, 5.41) is 10.2. The molecule has 4 fully saturated rings. The minimum absolute atomic E-state index is 0.120. The molecule has 40 heavy (non-hydrogen) atoms. The monoisotopic (exact) mass is 562 g/mol. The summed E-state index contributed by atoms with van der Waals surface area (Å²) >= 11 is 0. The number of hydrogen-bond acceptors (Lipinski definition) is 6.